The fourth-order valence-electron chi connectivity index (χ4n) is 3.24. The van der Waals surface area contributed by atoms with Crippen LogP contribution in [-0.2, 0) is 4.79 Å². The van der Waals surface area contributed by atoms with Gasteiger partial charge in [0.2, 0.25) is 5.91 Å². The summed E-state index contributed by atoms with van der Waals surface area (Å²) in [6.07, 6.45) is 5.24. The second-order valence-corrected chi connectivity index (χ2v) is 5.48. The van der Waals surface area contributed by atoms with Crippen molar-refractivity contribution in [3.63, 3.8) is 0 Å². The van der Waals surface area contributed by atoms with Gasteiger partial charge in [0.1, 0.15) is 0 Å². The fraction of sp³-hybridized carbons (Fsp3) is 0.917. The molecule has 3 N–H and O–H groups in total. The summed E-state index contributed by atoms with van der Waals surface area (Å²) in [6.45, 7) is -1.36. The Hall–Kier alpha value is -0.420. The third-order valence-corrected chi connectivity index (χ3v) is 4.17. The first-order valence-corrected chi connectivity index (χ1v) is 6.35. The molecule has 2 saturated carbocycles. The van der Waals surface area contributed by atoms with Crippen LogP contribution >= 0.6 is 12.4 Å². The number of halogens is 3. The normalized spacial score (nSPS) is 30.1. The first-order valence-electron chi connectivity index (χ1n) is 6.35. The van der Waals surface area contributed by atoms with Crippen molar-refractivity contribution in [3.05, 3.63) is 0 Å². The summed E-state index contributed by atoms with van der Waals surface area (Å²) in [4.78, 5) is 11.6. The average molecular weight is 283 g/mol. The highest BCUT2D eigenvalue weighted by atomic mass is 35.5. The summed E-state index contributed by atoms with van der Waals surface area (Å²) in [6, 6.07) is 0. The van der Waals surface area contributed by atoms with Crippen LogP contribution < -0.4 is 11.1 Å². The Morgan fingerprint density at radius 1 is 1.33 bits per heavy atom. The summed E-state index contributed by atoms with van der Waals surface area (Å²) < 4.78 is 25.7. The summed E-state index contributed by atoms with van der Waals surface area (Å²) in [5, 5.41) is 2.29. The first kappa shape index (κ1) is 15.6. The van der Waals surface area contributed by atoms with E-state index in [1.165, 1.54) is 19.3 Å². The van der Waals surface area contributed by atoms with Gasteiger partial charge in [0, 0.05) is 6.42 Å². The minimum Gasteiger partial charge on any atom is -0.350 e. The van der Waals surface area contributed by atoms with Crippen molar-refractivity contribution in [2.75, 3.05) is 13.1 Å². The quantitative estimate of drug-likeness (QED) is 0.810. The molecule has 0 heterocycles. The molecule has 0 radical (unpaired) electrons. The fourth-order valence-corrected chi connectivity index (χ4v) is 3.24. The van der Waals surface area contributed by atoms with Crippen LogP contribution in [0.3, 0.4) is 0 Å². The lowest BCUT2D eigenvalue weighted by molar-refractivity contribution is -0.124. The van der Waals surface area contributed by atoms with E-state index in [1.807, 2.05) is 0 Å². The van der Waals surface area contributed by atoms with Crippen molar-refractivity contribution in [1.29, 1.82) is 0 Å². The van der Waals surface area contributed by atoms with E-state index in [2.05, 4.69) is 5.32 Å². The van der Waals surface area contributed by atoms with Crippen LogP contribution in [0, 0.1) is 17.8 Å². The Labute approximate surface area is 112 Å². The van der Waals surface area contributed by atoms with Gasteiger partial charge in [-0.05, 0) is 37.0 Å². The lowest BCUT2D eigenvalue weighted by Gasteiger charge is -2.21. The SMILES string of the molecule is Cl.NCC(F)(F)CNC(=O)CC1CC2CCC1C2. The Bertz CT molecular complexity index is 302. The molecule has 2 fully saturated rings. The highest BCUT2D eigenvalue weighted by Gasteiger charge is 2.40. The molecule has 18 heavy (non-hydrogen) atoms. The summed E-state index contributed by atoms with van der Waals surface area (Å²) in [7, 11) is 0. The Morgan fingerprint density at radius 3 is 2.56 bits per heavy atom. The number of hydrogen-bond donors (Lipinski definition) is 2. The summed E-state index contributed by atoms with van der Waals surface area (Å²) in [5.41, 5.74) is 4.90. The van der Waals surface area contributed by atoms with Crippen molar-refractivity contribution in [2.24, 2.45) is 23.5 Å². The van der Waals surface area contributed by atoms with E-state index in [4.69, 9.17) is 5.73 Å². The van der Waals surface area contributed by atoms with E-state index >= 15 is 0 Å². The van der Waals surface area contributed by atoms with Crippen LogP contribution in [0.1, 0.15) is 32.1 Å². The van der Waals surface area contributed by atoms with Gasteiger partial charge >= 0.3 is 0 Å². The van der Waals surface area contributed by atoms with Gasteiger partial charge < -0.3 is 11.1 Å². The molecule has 0 aromatic heterocycles. The van der Waals surface area contributed by atoms with Gasteiger partial charge in [0.15, 0.2) is 0 Å². The summed E-state index contributed by atoms with van der Waals surface area (Å²) in [5.74, 6) is -1.38. The van der Waals surface area contributed by atoms with Crippen molar-refractivity contribution in [3.8, 4) is 0 Å². The van der Waals surface area contributed by atoms with Gasteiger partial charge in [-0.15, -0.1) is 12.4 Å². The third-order valence-electron chi connectivity index (χ3n) is 4.17. The van der Waals surface area contributed by atoms with Gasteiger partial charge in [-0.1, -0.05) is 6.42 Å². The second kappa shape index (κ2) is 6.15. The molecule has 0 aromatic rings. The molecule has 1 amide bonds. The minimum atomic E-state index is -2.98. The molecule has 2 aliphatic carbocycles. The molecular formula is C12H21ClF2N2O. The number of nitrogens with two attached hydrogens (primary N) is 1. The third kappa shape index (κ3) is 3.79. The van der Waals surface area contributed by atoms with E-state index in [9.17, 15) is 13.6 Å². The number of nitrogens with one attached hydrogen (secondary N) is 1. The number of alkyl halides is 2. The maximum absolute atomic E-state index is 12.8. The molecule has 2 bridgehead atoms. The number of hydrogen-bond acceptors (Lipinski definition) is 2. The van der Waals surface area contributed by atoms with Crippen LogP contribution in [0.2, 0.25) is 0 Å². The lowest BCUT2D eigenvalue weighted by atomic mass is 9.86. The molecule has 6 heteroatoms. The zero-order valence-corrected chi connectivity index (χ0v) is 11.1. The van der Waals surface area contributed by atoms with Crippen LogP contribution in [0.5, 0.6) is 0 Å². The molecule has 3 unspecified atom stereocenters. The highest BCUT2D eigenvalue weighted by molar-refractivity contribution is 5.85. The number of rotatable bonds is 5. The van der Waals surface area contributed by atoms with Gasteiger partial charge in [-0.25, -0.2) is 8.78 Å². The molecular weight excluding hydrogens is 262 g/mol. The monoisotopic (exact) mass is 282 g/mol. The zero-order valence-electron chi connectivity index (χ0n) is 10.3. The molecule has 0 saturated heterocycles. The topological polar surface area (TPSA) is 55.1 Å². The van der Waals surface area contributed by atoms with E-state index in [-0.39, 0.29) is 18.3 Å². The van der Waals surface area contributed by atoms with Gasteiger partial charge in [0.05, 0.1) is 13.1 Å². The second-order valence-electron chi connectivity index (χ2n) is 5.48. The van der Waals surface area contributed by atoms with Crippen LogP contribution in [0.25, 0.3) is 0 Å². The van der Waals surface area contributed by atoms with E-state index in [0.717, 1.165) is 12.3 Å². The van der Waals surface area contributed by atoms with Crippen LogP contribution in [-0.4, -0.2) is 24.9 Å². The first-order chi connectivity index (χ1) is 8.00. The number of amides is 1. The van der Waals surface area contributed by atoms with E-state index in [0.29, 0.717) is 18.3 Å². The van der Waals surface area contributed by atoms with Crippen molar-refractivity contribution in [1.82, 2.24) is 5.32 Å². The van der Waals surface area contributed by atoms with Crippen LogP contribution in [0.4, 0.5) is 8.78 Å². The van der Waals surface area contributed by atoms with Gasteiger partial charge in [-0.3, -0.25) is 4.79 Å². The predicted octanol–water partition coefficient (Wildman–Crippen LogP) is 1.94. The standard InChI is InChI=1S/C12H20F2N2O.ClH/c13-12(14,6-15)7-16-11(17)5-10-4-8-1-2-9(10)3-8;/h8-10H,1-7,15H2,(H,16,17);1H. The molecule has 2 aliphatic rings. The van der Waals surface area contributed by atoms with Crippen molar-refractivity contribution < 1.29 is 13.6 Å². The number of fused-ring (bicyclic) bond motifs is 2. The molecule has 0 spiro atoms. The smallest absolute Gasteiger partial charge is 0.277 e. The molecule has 3 nitrogen and oxygen atoms in total. The van der Waals surface area contributed by atoms with Gasteiger partial charge in [0.25, 0.3) is 5.92 Å². The number of carbonyl (C=O) groups excluding carboxylic acids is 1. The zero-order chi connectivity index (χ0) is 12.5. The van der Waals surface area contributed by atoms with Crippen LogP contribution in [0.15, 0.2) is 0 Å². The Balaban J connectivity index is 0.00000162. The molecule has 2 rings (SSSR count). The van der Waals surface area contributed by atoms with Crippen molar-refractivity contribution in [2.45, 2.75) is 38.0 Å². The number of carbonyl (C=O) groups is 1. The average Bonchev–Trinajstić information content (AvgIpc) is 2.88. The van der Waals surface area contributed by atoms with E-state index in [1.54, 1.807) is 0 Å². The largest absolute Gasteiger partial charge is 0.350 e. The lowest BCUT2D eigenvalue weighted by Crippen LogP contribution is -2.42. The van der Waals surface area contributed by atoms with Crippen molar-refractivity contribution >= 4 is 18.3 Å². The molecule has 0 aliphatic heterocycles. The molecule has 3 atom stereocenters. The highest BCUT2D eigenvalue weighted by Crippen LogP contribution is 2.49. The molecule has 0 aromatic carbocycles. The summed E-state index contributed by atoms with van der Waals surface area (Å²) >= 11 is 0. The van der Waals surface area contributed by atoms with E-state index < -0.39 is 19.0 Å². The maximum Gasteiger partial charge on any atom is 0.277 e. The Kier molecular flexibility index (Phi) is 5.34. The predicted molar refractivity (Wildman–Crippen MR) is 67.8 cm³/mol. The minimum absolute atomic E-state index is 0. The maximum atomic E-state index is 12.8. The molecule has 106 valence electrons. The van der Waals surface area contributed by atoms with Gasteiger partial charge in [-0.2, -0.15) is 0 Å². The Morgan fingerprint density at radius 2 is 2.06 bits per heavy atom.